The molecule has 0 spiro atoms. The summed E-state index contributed by atoms with van der Waals surface area (Å²) in [6, 6.07) is 30.3. The lowest BCUT2D eigenvalue weighted by atomic mass is 9.34. The molecule has 4 heterocycles. The molecule has 0 radical (unpaired) electrons. The van der Waals surface area contributed by atoms with Crippen LogP contribution in [0.3, 0.4) is 0 Å². The van der Waals surface area contributed by atoms with Gasteiger partial charge in [-0.2, -0.15) is 0 Å². The molecule has 0 fully saturated rings. The Labute approximate surface area is 256 Å². The normalized spacial score (nSPS) is 13.9. The number of hydrogen-bond acceptors (Lipinski definition) is 4. The van der Waals surface area contributed by atoms with E-state index in [2.05, 4.69) is 161 Å². The van der Waals surface area contributed by atoms with Crippen molar-refractivity contribution in [2.75, 3.05) is 9.80 Å². The first-order chi connectivity index (χ1) is 20.5. The second-order valence-corrected chi connectivity index (χ2v) is 14.0. The lowest BCUT2D eigenvalue weighted by molar-refractivity contribution is -0.653. The van der Waals surface area contributed by atoms with Crippen LogP contribution in [0, 0.1) is 6.92 Å². The molecule has 43 heavy (non-hydrogen) atoms. The largest absolute Gasteiger partial charge is 0.338 e. The van der Waals surface area contributed by atoms with Crippen molar-refractivity contribution in [2.24, 2.45) is 7.05 Å². The lowest BCUT2D eigenvalue weighted by Crippen LogP contribution is -2.71. The number of rotatable bonds is 2. The first-order valence-electron chi connectivity index (χ1n) is 15.2. The maximum absolute atomic E-state index is 5.50. The van der Waals surface area contributed by atoms with Crippen LogP contribution in [0.1, 0.15) is 58.5 Å². The van der Waals surface area contributed by atoms with Gasteiger partial charge in [0.1, 0.15) is 30.2 Å². The monoisotopic (exact) mass is 564 g/mol. The molecule has 2 aromatic heterocycles. The van der Waals surface area contributed by atoms with Gasteiger partial charge in [0.2, 0.25) is 0 Å². The van der Waals surface area contributed by atoms with E-state index in [0.29, 0.717) is 0 Å². The molecule has 0 N–H and O–H groups in total. The molecule has 5 nitrogen and oxygen atoms in total. The first-order valence-corrected chi connectivity index (χ1v) is 15.2. The van der Waals surface area contributed by atoms with Crippen LogP contribution in [0.25, 0.3) is 0 Å². The topological polar surface area (TPSA) is 36.1 Å². The summed E-state index contributed by atoms with van der Waals surface area (Å²) < 4.78 is 2.32. The summed E-state index contributed by atoms with van der Waals surface area (Å²) in [5.74, 6) is 2.75. The molecular weight excluding hydrogens is 525 g/mol. The van der Waals surface area contributed by atoms with Gasteiger partial charge < -0.3 is 0 Å². The highest BCUT2D eigenvalue weighted by molar-refractivity contribution is 6.99. The Morgan fingerprint density at radius 1 is 0.651 bits per heavy atom. The van der Waals surface area contributed by atoms with Gasteiger partial charge in [0.25, 0.3) is 0 Å². The molecule has 5 aromatic rings. The molecule has 7 rings (SSSR count). The van der Waals surface area contributed by atoms with Crippen LogP contribution in [0.4, 0.5) is 34.4 Å². The molecular formula is C37H39BN5+. The summed E-state index contributed by atoms with van der Waals surface area (Å²) in [6.45, 7) is 15.8. The van der Waals surface area contributed by atoms with Crippen molar-refractivity contribution in [3.8, 4) is 0 Å². The zero-order valence-electron chi connectivity index (χ0n) is 26.5. The summed E-state index contributed by atoms with van der Waals surface area (Å²) in [5, 5.41) is 0. The second kappa shape index (κ2) is 9.53. The fraction of sp³-hybridized carbons (Fsp3) is 0.270. The minimum absolute atomic E-state index is 0.0301. The third kappa shape index (κ3) is 4.18. The van der Waals surface area contributed by atoms with Gasteiger partial charge in [-0.1, -0.05) is 95.6 Å². The number of aryl methyl sites for hydroxylation is 2. The van der Waals surface area contributed by atoms with Crippen molar-refractivity contribution < 1.29 is 4.57 Å². The number of para-hydroxylation sites is 2. The van der Waals surface area contributed by atoms with E-state index in [4.69, 9.17) is 9.97 Å². The number of pyridine rings is 1. The molecule has 2 aliphatic heterocycles. The molecule has 0 saturated heterocycles. The summed E-state index contributed by atoms with van der Waals surface area (Å²) in [4.78, 5) is 15.7. The number of fused-ring (bicyclic) bond motifs is 4. The number of aromatic nitrogens is 3. The molecule has 6 heteroatoms. The molecule has 3 aromatic carbocycles. The van der Waals surface area contributed by atoms with Gasteiger partial charge in [0.05, 0.1) is 0 Å². The molecule has 0 bridgehead atoms. The standard InChI is InChI=1S/C37H39BN5/c1-24-16-15-21-28-29(24)38-30-33(42(28)25-17-11-9-12-18-25)39-35(37(5,6)7)40-34(30)43(26-19-13-10-14-20-26)31-27(36(2,3)4)22-23-41(8)32(31)38/h9-23H,1-8H3/q+1. The van der Waals surface area contributed by atoms with E-state index in [1.807, 2.05) is 0 Å². The van der Waals surface area contributed by atoms with E-state index in [1.54, 1.807) is 0 Å². The van der Waals surface area contributed by atoms with Crippen molar-refractivity contribution >= 4 is 57.6 Å². The fourth-order valence-electron chi connectivity index (χ4n) is 6.75. The summed E-state index contributed by atoms with van der Waals surface area (Å²) in [6.07, 6.45) is 2.24. The van der Waals surface area contributed by atoms with Crippen molar-refractivity contribution in [2.45, 2.75) is 59.3 Å². The van der Waals surface area contributed by atoms with Crippen LogP contribution in [0.5, 0.6) is 0 Å². The quantitative estimate of drug-likeness (QED) is 0.183. The van der Waals surface area contributed by atoms with Crippen molar-refractivity contribution in [3.05, 3.63) is 108 Å². The minimum Gasteiger partial charge on any atom is -0.296 e. The van der Waals surface area contributed by atoms with Gasteiger partial charge in [-0.3, -0.25) is 9.80 Å². The van der Waals surface area contributed by atoms with Crippen LogP contribution >= 0.6 is 0 Å². The summed E-state index contributed by atoms with van der Waals surface area (Å²) in [5.41, 5.74) is 10.5. The highest BCUT2D eigenvalue weighted by Crippen LogP contribution is 2.45. The molecule has 0 amide bonds. The highest BCUT2D eigenvalue weighted by Gasteiger charge is 2.52. The zero-order chi connectivity index (χ0) is 30.3. The van der Waals surface area contributed by atoms with E-state index in [0.717, 1.165) is 34.3 Å². The van der Waals surface area contributed by atoms with Gasteiger partial charge in [0.15, 0.2) is 11.8 Å². The lowest BCUT2D eigenvalue weighted by Gasteiger charge is -2.43. The minimum atomic E-state index is -0.257. The van der Waals surface area contributed by atoms with E-state index in [-0.39, 0.29) is 17.5 Å². The summed E-state index contributed by atoms with van der Waals surface area (Å²) in [7, 11) is 2.19. The molecule has 0 aliphatic carbocycles. The number of nitrogens with zero attached hydrogens (tertiary/aromatic N) is 5. The van der Waals surface area contributed by atoms with Gasteiger partial charge in [0, 0.05) is 34.0 Å². The van der Waals surface area contributed by atoms with Gasteiger partial charge in [-0.25, -0.2) is 14.5 Å². The van der Waals surface area contributed by atoms with Crippen LogP contribution in [0.15, 0.2) is 91.1 Å². The van der Waals surface area contributed by atoms with E-state index in [9.17, 15) is 0 Å². The highest BCUT2D eigenvalue weighted by atomic mass is 15.3. The second-order valence-electron chi connectivity index (χ2n) is 14.0. The molecule has 214 valence electrons. The van der Waals surface area contributed by atoms with Crippen molar-refractivity contribution in [1.82, 2.24) is 9.97 Å². The Kier molecular flexibility index (Phi) is 6.07. The maximum atomic E-state index is 5.50. The maximum Gasteiger partial charge on any atom is 0.338 e. The van der Waals surface area contributed by atoms with Crippen LogP contribution in [-0.4, -0.2) is 16.7 Å². The average Bonchev–Trinajstić information content (AvgIpc) is 2.97. The van der Waals surface area contributed by atoms with E-state index < -0.39 is 0 Å². The smallest absolute Gasteiger partial charge is 0.296 e. The van der Waals surface area contributed by atoms with E-state index in [1.165, 1.54) is 33.6 Å². The van der Waals surface area contributed by atoms with Gasteiger partial charge in [-0.05, 0) is 53.7 Å². The number of hydrogen-bond donors (Lipinski definition) is 0. The predicted octanol–water partition coefficient (Wildman–Crippen LogP) is 6.29. The van der Waals surface area contributed by atoms with Crippen LogP contribution < -0.4 is 30.9 Å². The van der Waals surface area contributed by atoms with E-state index >= 15 is 0 Å². The fourth-order valence-corrected chi connectivity index (χ4v) is 6.75. The van der Waals surface area contributed by atoms with Gasteiger partial charge >= 0.3 is 6.71 Å². The third-order valence-corrected chi connectivity index (χ3v) is 8.80. The summed E-state index contributed by atoms with van der Waals surface area (Å²) >= 11 is 0. The Morgan fingerprint density at radius 3 is 1.81 bits per heavy atom. The van der Waals surface area contributed by atoms with Crippen molar-refractivity contribution in [3.63, 3.8) is 0 Å². The third-order valence-electron chi connectivity index (χ3n) is 8.80. The number of benzene rings is 3. The first kappa shape index (κ1) is 27.4. The Bertz CT molecular complexity index is 1870. The molecule has 2 aliphatic rings. The zero-order valence-corrected chi connectivity index (χ0v) is 26.5. The molecule has 0 saturated carbocycles. The Hall–Kier alpha value is -4.45. The van der Waals surface area contributed by atoms with Crippen molar-refractivity contribution in [1.29, 1.82) is 0 Å². The van der Waals surface area contributed by atoms with Crippen LogP contribution in [-0.2, 0) is 17.9 Å². The SMILES string of the molecule is Cc1cccc2c1B1c3c(nc(C(C)(C)C)nc3N(c3ccccc3)c3c(C(C)(C)C)cc[n+](C)c31)N2c1ccccc1. The number of anilines is 6. The van der Waals surface area contributed by atoms with Crippen LogP contribution in [0.2, 0.25) is 0 Å². The molecule has 0 atom stereocenters. The Morgan fingerprint density at radius 2 is 1.23 bits per heavy atom. The Balaban J connectivity index is 1.70. The average molecular weight is 565 g/mol. The predicted molar refractivity (Wildman–Crippen MR) is 179 cm³/mol. The molecule has 0 unspecified atom stereocenters. The van der Waals surface area contributed by atoms with Gasteiger partial charge in [-0.15, -0.1) is 0 Å².